The maximum Gasteiger partial charge on any atom is -0.0260 e. The molecule has 0 saturated carbocycles. The van der Waals surface area contributed by atoms with Crippen LogP contribution in [-0.4, -0.2) is 0 Å². The molecule has 0 radical (unpaired) electrons. The van der Waals surface area contributed by atoms with E-state index in [2.05, 4.69) is 33.4 Å². The summed E-state index contributed by atoms with van der Waals surface area (Å²) in [5.74, 6) is 0.662. The second-order valence-corrected chi connectivity index (χ2v) is 4.50. The van der Waals surface area contributed by atoms with Crippen molar-refractivity contribution in [3.05, 3.63) is 35.5 Å². The summed E-state index contributed by atoms with van der Waals surface area (Å²) >= 11 is 0. The van der Waals surface area contributed by atoms with Crippen LogP contribution in [-0.2, 0) is 0 Å². The van der Waals surface area contributed by atoms with Crippen molar-refractivity contribution >= 4 is 0 Å². The summed E-state index contributed by atoms with van der Waals surface area (Å²) < 4.78 is 0. The van der Waals surface area contributed by atoms with E-state index in [9.17, 15) is 0 Å². The molecule has 0 atom stereocenters. The average Bonchev–Trinajstić information content (AvgIpc) is 2.18. The van der Waals surface area contributed by atoms with E-state index in [1.165, 1.54) is 42.4 Å². The number of hydrogen-bond acceptors (Lipinski definition) is 0. The molecule has 0 unspecified atom stereocenters. The monoisotopic (exact) mass is 190 g/mol. The largest absolute Gasteiger partial charge is 0.0988 e. The zero-order valence-corrected chi connectivity index (χ0v) is 9.77. The van der Waals surface area contributed by atoms with Crippen LogP contribution in [0.3, 0.4) is 0 Å². The van der Waals surface area contributed by atoms with Gasteiger partial charge in [-0.3, -0.25) is 0 Å². The summed E-state index contributed by atoms with van der Waals surface area (Å²) in [6, 6.07) is 0. The maximum absolute atomic E-state index is 3.90. The molecule has 0 fully saturated rings. The van der Waals surface area contributed by atoms with Gasteiger partial charge in [-0.15, -0.1) is 0 Å². The first-order chi connectivity index (χ1) is 6.65. The zero-order chi connectivity index (χ0) is 10.6. The summed E-state index contributed by atoms with van der Waals surface area (Å²) in [6.45, 7) is 10.6. The molecule has 0 heterocycles. The quantitative estimate of drug-likeness (QED) is 0.608. The third-order valence-corrected chi connectivity index (χ3v) is 3.11. The van der Waals surface area contributed by atoms with Crippen LogP contribution in [0.5, 0.6) is 0 Å². The van der Waals surface area contributed by atoms with Gasteiger partial charge in [-0.1, -0.05) is 38.2 Å². The fourth-order valence-corrected chi connectivity index (χ4v) is 1.79. The molecule has 0 saturated heterocycles. The van der Waals surface area contributed by atoms with Gasteiger partial charge in [0.25, 0.3) is 0 Å². The molecule has 0 aromatic carbocycles. The predicted molar refractivity (Wildman–Crippen MR) is 64.3 cm³/mol. The Morgan fingerprint density at radius 1 is 1.21 bits per heavy atom. The number of rotatable bonds is 3. The molecule has 0 nitrogen and oxygen atoms in total. The Kier molecular flexibility index (Phi) is 4.19. The average molecular weight is 190 g/mol. The topological polar surface area (TPSA) is 0 Å². The van der Waals surface area contributed by atoms with E-state index in [0.29, 0.717) is 5.92 Å². The van der Waals surface area contributed by atoms with Crippen molar-refractivity contribution in [1.29, 1.82) is 0 Å². The highest BCUT2D eigenvalue weighted by Crippen LogP contribution is 2.27. The minimum atomic E-state index is 0.662. The summed E-state index contributed by atoms with van der Waals surface area (Å²) in [5, 5.41) is 0. The van der Waals surface area contributed by atoms with Gasteiger partial charge in [-0.25, -0.2) is 0 Å². The Bertz CT molecular complexity index is 264. The fraction of sp³-hybridized carbons (Fsp3) is 0.571. The Hall–Kier alpha value is -0.780. The summed E-state index contributed by atoms with van der Waals surface area (Å²) in [6.07, 6.45) is 9.56. The van der Waals surface area contributed by atoms with Crippen molar-refractivity contribution in [2.75, 3.05) is 0 Å². The Labute approximate surface area is 88.4 Å². The molecular formula is C14H22. The third kappa shape index (κ3) is 2.87. The van der Waals surface area contributed by atoms with E-state index < -0.39 is 0 Å². The second-order valence-electron chi connectivity index (χ2n) is 4.50. The van der Waals surface area contributed by atoms with Crippen molar-refractivity contribution in [3.8, 4) is 0 Å². The molecule has 78 valence electrons. The van der Waals surface area contributed by atoms with E-state index in [4.69, 9.17) is 0 Å². The predicted octanol–water partition coefficient (Wildman–Crippen LogP) is 4.65. The van der Waals surface area contributed by atoms with Gasteiger partial charge < -0.3 is 0 Å². The Morgan fingerprint density at radius 2 is 1.79 bits per heavy atom. The Balaban J connectivity index is 2.88. The molecule has 0 spiro atoms. The smallest absolute Gasteiger partial charge is 0.0260 e. The van der Waals surface area contributed by atoms with Gasteiger partial charge in [0, 0.05) is 0 Å². The highest BCUT2D eigenvalue weighted by molar-refractivity contribution is 5.35. The van der Waals surface area contributed by atoms with E-state index in [1.807, 2.05) is 6.08 Å². The first kappa shape index (κ1) is 11.3. The summed E-state index contributed by atoms with van der Waals surface area (Å²) in [5.41, 5.74) is 4.48. The van der Waals surface area contributed by atoms with Crippen molar-refractivity contribution in [2.45, 2.75) is 46.5 Å². The van der Waals surface area contributed by atoms with Gasteiger partial charge in [0.1, 0.15) is 0 Å². The van der Waals surface area contributed by atoms with Crippen LogP contribution in [0.15, 0.2) is 35.5 Å². The minimum Gasteiger partial charge on any atom is -0.0988 e. The van der Waals surface area contributed by atoms with Crippen LogP contribution < -0.4 is 0 Å². The number of allylic oxidation sites excluding steroid dienone is 5. The number of hydrogen-bond donors (Lipinski definition) is 0. The van der Waals surface area contributed by atoms with Crippen molar-refractivity contribution < 1.29 is 0 Å². The van der Waals surface area contributed by atoms with Crippen molar-refractivity contribution in [1.82, 2.24) is 0 Å². The van der Waals surface area contributed by atoms with Gasteiger partial charge in [-0.2, -0.15) is 0 Å². The van der Waals surface area contributed by atoms with Crippen LogP contribution in [0, 0.1) is 5.92 Å². The van der Waals surface area contributed by atoms with Crippen LogP contribution in [0.2, 0.25) is 0 Å². The Morgan fingerprint density at radius 3 is 2.29 bits per heavy atom. The molecule has 0 heteroatoms. The lowest BCUT2D eigenvalue weighted by atomic mass is 9.89. The van der Waals surface area contributed by atoms with Crippen LogP contribution in [0.25, 0.3) is 0 Å². The van der Waals surface area contributed by atoms with Crippen molar-refractivity contribution in [2.24, 2.45) is 5.92 Å². The highest BCUT2D eigenvalue weighted by Gasteiger charge is 2.08. The zero-order valence-electron chi connectivity index (χ0n) is 9.77. The molecule has 1 aliphatic rings. The lowest BCUT2D eigenvalue weighted by Crippen LogP contribution is -1.98. The lowest BCUT2D eigenvalue weighted by molar-refractivity contribution is 0.688. The summed E-state index contributed by atoms with van der Waals surface area (Å²) in [4.78, 5) is 0. The standard InChI is InChI=1S/C14H22/c1-5-13-8-6-7-9-14(13)10-12(4)11(2)3/h5,10-11H,1,6-9H2,2-4H3/b12-10+. The molecule has 1 rings (SSSR count). The molecule has 0 aromatic heterocycles. The lowest BCUT2D eigenvalue weighted by Gasteiger charge is -2.17. The SMILES string of the molecule is C=CC1=C(/C=C(\C)C(C)C)CCCC1. The van der Waals surface area contributed by atoms with Crippen LogP contribution in [0.4, 0.5) is 0 Å². The second kappa shape index (κ2) is 5.19. The van der Waals surface area contributed by atoms with E-state index >= 15 is 0 Å². The van der Waals surface area contributed by atoms with E-state index in [1.54, 1.807) is 0 Å². The molecule has 0 aromatic rings. The fourth-order valence-electron chi connectivity index (χ4n) is 1.79. The first-order valence-corrected chi connectivity index (χ1v) is 5.67. The van der Waals surface area contributed by atoms with E-state index in [0.717, 1.165) is 0 Å². The first-order valence-electron chi connectivity index (χ1n) is 5.67. The maximum atomic E-state index is 3.90. The van der Waals surface area contributed by atoms with Crippen molar-refractivity contribution in [3.63, 3.8) is 0 Å². The van der Waals surface area contributed by atoms with Gasteiger partial charge in [0.05, 0.1) is 0 Å². The normalized spacial score (nSPS) is 19.0. The third-order valence-electron chi connectivity index (χ3n) is 3.11. The van der Waals surface area contributed by atoms with Gasteiger partial charge in [0.15, 0.2) is 0 Å². The van der Waals surface area contributed by atoms with Gasteiger partial charge >= 0.3 is 0 Å². The van der Waals surface area contributed by atoms with E-state index in [-0.39, 0.29) is 0 Å². The van der Waals surface area contributed by atoms with Gasteiger partial charge in [0.2, 0.25) is 0 Å². The van der Waals surface area contributed by atoms with Crippen LogP contribution in [0.1, 0.15) is 46.5 Å². The molecular weight excluding hydrogens is 168 g/mol. The summed E-state index contributed by atoms with van der Waals surface area (Å²) in [7, 11) is 0. The highest BCUT2D eigenvalue weighted by atomic mass is 14.1. The molecule has 1 aliphatic carbocycles. The molecule has 14 heavy (non-hydrogen) atoms. The molecule has 0 bridgehead atoms. The van der Waals surface area contributed by atoms with Gasteiger partial charge in [-0.05, 0) is 49.7 Å². The molecule has 0 N–H and O–H groups in total. The van der Waals surface area contributed by atoms with Crippen LogP contribution >= 0.6 is 0 Å². The minimum absolute atomic E-state index is 0.662. The molecule has 0 aliphatic heterocycles. The molecule has 0 amide bonds.